The largest absolute Gasteiger partial charge is 0.309 e. The predicted molar refractivity (Wildman–Crippen MR) is 192 cm³/mol. The zero-order chi connectivity index (χ0) is 30.6. The summed E-state index contributed by atoms with van der Waals surface area (Å²) >= 11 is 0. The maximum atomic E-state index is 5.09. The van der Waals surface area contributed by atoms with E-state index < -0.39 is 0 Å². The average molecular weight is 601 g/mol. The van der Waals surface area contributed by atoms with E-state index in [2.05, 4.69) is 140 Å². The maximum absolute atomic E-state index is 5.09. The van der Waals surface area contributed by atoms with E-state index in [0.29, 0.717) is 0 Å². The molecule has 47 heavy (non-hydrogen) atoms. The third-order valence-electron chi connectivity index (χ3n) is 9.69. The van der Waals surface area contributed by atoms with Crippen molar-refractivity contribution in [3.8, 4) is 11.4 Å². The Morgan fingerprint density at radius 2 is 1.06 bits per heavy atom. The van der Waals surface area contributed by atoms with Crippen LogP contribution in [0.25, 0.3) is 93.6 Å². The van der Waals surface area contributed by atoms with E-state index in [9.17, 15) is 0 Å². The van der Waals surface area contributed by atoms with Crippen LogP contribution in [0.1, 0.15) is 0 Å². The number of benzene rings is 5. The van der Waals surface area contributed by atoms with Crippen molar-refractivity contribution in [2.24, 2.45) is 0 Å². The summed E-state index contributed by atoms with van der Waals surface area (Å²) < 4.78 is 7.00. The van der Waals surface area contributed by atoms with Gasteiger partial charge in [-0.25, -0.2) is 9.97 Å². The van der Waals surface area contributed by atoms with Crippen molar-refractivity contribution in [1.29, 1.82) is 0 Å². The molecule has 0 saturated heterocycles. The van der Waals surface area contributed by atoms with Gasteiger partial charge in [-0.05, 0) is 78.9 Å². The van der Waals surface area contributed by atoms with Crippen molar-refractivity contribution in [3.05, 3.63) is 146 Å². The smallest absolute Gasteiger partial charge is 0.178 e. The minimum absolute atomic E-state index is 0.729. The molecule has 5 aromatic carbocycles. The first-order chi connectivity index (χ1) is 23.3. The third kappa shape index (κ3) is 3.21. The number of pyridine rings is 3. The number of rotatable bonds is 2. The molecule has 0 amide bonds. The van der Waals surface area contributed by atoms with E-state index >= 15 is 0 Å². The molecule has 0 bridgehead atoms. The number of para-hydroxylation sites is 3. The van der Waals surface area contributed by atoms with Gasteiger partial charge < -0.3 is 9.13 Å². The molecule has 0 atom stereocenters. The fourth-order valence-corrected chi connectivity index (χ4v) is 7.82. The standard InChI is InChI=1S/C41H24N6/c1-3-11-25(12-4-1)45-31-16-8-7-15-27(31)29-23-30-36(24-35(29)45)46(26-13-5-2-6-14-26)32-20-19-28-38(37(30)32)39-33(17-9-21-42-39)47-34-18-10-22-43-40(34)44-41(28)47/h1-24H. The fraction of sp³-hybridized carbons (Fsp3) is 0. The molecule has 6 nitrogen and oxygen atoms in total. The van der Waals surface area contributed by atoms with E-state index in [0.717, 1.165) is 61.0 Å². The first-order valence-corrected chi connectivity index (χ1v) is 15.8. The van der Waals surface area contributed by atoms with Gasteiger partial charge in [0.05, 0.1) is 38.6 Å². The van der Waals surface area contributed by atoms with Crippen LogP contribution in [0.4, 0.5) is 0 Å². The Balaban J connectivity index is 1.41. The normalized spacial score (nSPS) is 12.3. The SMILES string of the molecule is c1ccc(-n2c3ccccc3c3cc4c5c6c(ccc5n(-c5ccccc5)c4cc32)c2nc3ncccc3n2c2cccnc62)cc1. The number of hydrogen-bond acceptors (Lipinski definition) is 3. The van der Waals surface area contributed by atoms with Gasteiger partial charge in [0.1, 0.15) is 5.65 Å². The van der Waals surface area contributed by atoms with Crippen LogP contribution in [0.3, 0.4) is 0 Å². The van der Waals surface area contributed by atoms with Crippen LogP contribution in [0.15, 0.2) is 146 Å². The van der Waals surface area contributed by atoms with Crippen LogP contribution in [0.5, 0.6) is 0 Å². The molecule has 0 radical (unpaired) electrons. The number of fused-ring (bicyclic) bond motifs is 15. The van der Waals surface area contributed by atoms with E-state index in [-0.39, 0.29) is 0 Å². The Kier molecular flexibility index (Phi) is 4.75. The molecule has 11 aromatic rings. The molecule has 0 unspecified atom stereocenters. The molecule has 6 heterocycles. The summed E-state index contributed by atoms with van der Waals surface area (Å²) in [6.07, 6.45) is 3.70. The van der Waals surface area contributed by atoms with Crippen LogP contribution in [-0.2, 0) is 0 Å². The highest BCUT2D eigenvalue weighted by Crippen LogP contribution is 2.44. The maximum Gasteiger partial charge on any atom is 0.178 e. The van der Waals surface area contributed by atoms with Gasteiger partial charge in [0, 0.05) is 56.1 Å². The molecular formula is C41H24N6. The summed E-state index contributed by atoms with van der Waals surface area (Å²) in [4.78, 5) is 14.8. The quantitative estimate of drug-likeness (QED) is 0.186. The number of hydrogen-bond donors (Lipinski definition) is 0. The fourth-order valence-electron chi connectivity index (χ4n) is 7.82. The minimum atomic E-state index is 0.729. The third-order valence-corrected chi connectivity index (χ3v) is 9.69. The Morgan fingerprint density at radius 1 is 0.404 bits per heavy atom. The van der Waals surface area contributed by atoms with Crippen molar-refractivity contribution < 1.29 is 0 Å². The van der Waals surface area contributed by atoms with Gasteiger partial charge in [-0.3, -0.25) is 9.38 Å². The Hall–Kier alpha value is -6.53. The molecule has 0 spiro atoms. The van der Waals surface area contributed by atoms with Gasteiger partial charge in [0.15, 0.2) is 5.65 Å². The number of imidazole rings is 1. The summed E-state index contributed by atoms with van der Waals surface area (Å²) in [6.45, 7) is 0. The lowest BCUT2D eigenvalue weighted by Gasteiger charge is -2.11. The van der Waals surface area contributed by atoms with Crippen LogP contribution in [0, 0.1) is 0 Å². The van der Waals surface area contributed by atoms with Gasteiger partial charge in [0.25, 0.3) is 0 Å². The lowest BCUT2D eigenvalue weighted by Crippen LogP contribution is -1.96. The van der Waals surface area contributed by atoms with Crippen LogP contribution < -0.4 is 0 Å². The van der Waals surface area contributed by atoms with Crippen LogP contribution in [-0.4, -0.2) is 28.5 Å². The summed E-state index contributed by atoms with van der Waals surface area (Å²) in [7, 11) is 0. The van der Waals surface area contributed by atoms with Crippen molar-refractivity contribution in [2.75, 3.05) is 0 Å². The summed E-state index contributed by atoms with van der Waals surface area (Å²) in [5.41, 5.74) is 11.4. The zero-order valence-electron chi connectivity index (χ0n) is 25.0. The highest BCUT2D eigenvalue weighted by Gasteiger charge is 2.23. The van der Waals surface area contributed by atoms with Gasteiger partial charge in [-0.2, -0.15) is 0 Å². The lowest BCUT2D eigenvalue weighted by molar-refractivity contribution is 1.16. The molecule has 0 N–H and O–H groups in total. The van der Waals surface area contributed by atoms with E-state index in [4.69, 9.17) is 9.97 Å². The van der Waals surface area contributed by atoms with Gasteiger partial charge in [-0.1, -0.05) is 54.6 Å². The molecule has 11 rings (SSSR count). The van der Waals surface area contributed by atoms with Crippen molar-refractivity contribution >= 4 is 82.2 Å². The Labute approximate surface area is 267 Å². The van der Waals surface area contributed by atoms with E-state index in [1.807, 2.05) is 18.3 Å². The zero-order valence-corrected chi connectivity index (χ0v) is 25.0. The highest BCUT2D eigenvalue weighted by molar-refractivity contribution is 6.31. The second-order valence-electron chi connectivity index (χ2n) is 12.1. The second kappa shape index (κ2) is 9.02. The minimum Gasteiger partial charge on any atom is -0.309 e. The van der Waals surface area contributed by atoms with Gasteiger partial charge in [-0.15, -0.1) is 0 Å². The molecule has 0 saturated carbocycles. The summed E-state index contributed by atoms with van der Waals surface area (Å²) in [5, 5.41) is 6.96. The second-order valence-corrected chi connectivity index (χ2v) is 12.1. The van der Waals surface area contributed by atoms with Gasteiger partial charge >= 0.3 is 0 Å². The predicted octanol–water partition coefficient (Wildman–Crippen LogP) is 9.78. The van der Waals surface area contributed by atoms with Crippen molar-refractivity contribution in [2.45, 2.75) is 0 Å². The monoisotopic (exact) mass is 600 g/mol. The molecule has 0 aliphatic heterocycles. The number of nitrogens with zero attached hydrogens (tertiary/aromatic N) is 6. The van der Waals surface area contributed by atoms with Crippen molar-refractivity contribution in [1.82, 2.24) is 28.5 Å². The number of aromatic nitrogens is 6. The Bertz CT molecular complexity index is 3060. The Morgan fingerprint density at radius 3 is 1.87 bits per heavy atom. The van der Waals surface area contributed by atoms with E-state index in [1.54, 1.807) is 6.20 Å². The molecule has 218 valence electrons. The van der Waals surface area contributed by atoms with Crippen molar-refractivity contribution in [3.63, 3.8) is 0 Å². The first-order valence-electron chi connectivity index (χ1n) is 15.8. The molecular weight excluding hydrogens is 576 g/mol. The topological polar surface area (TPSA) is 52.9 Å². The van der Waals surface area contributed by atoms with Gasteiger partial charge in [0.2, 0.25) is 0 Å². The lowest BCUT2D eigenvalue weighted by atomic mass is 10.0. The first kappa shape index (κ1) is 24.8. The molecule has 6 heteroatoms. The molecule has 0 aliphatic carbocycles. The average Bonchev–Trinajstić information content (AvgIpc) is 3.79. The highest BCUT2D eigenvalue weighted by atomic mass is 15.1. The van der Waals surface area contributed by atoms with E-state index in [1.165, 1.54) is 32.6 Å². The molecule has 0 aliphatic rings. The molecule has 0 fully saturated rings. The summed E-state index contributed by atoms with van der Waals surface area (Å²) in [5.74, 6) is 0. The summed E-state index contributed by atoms with van der Waals surface area (Å²) in [6, 6.07) is 47.5. The van der Waals surface area contributed by atoms with Crippen LogP contribution >= 0.6 is 0 Å². The van der Waals surface area contributed by atoms with Crippen LogP contribution in [0.2, 0.25) is 0 Å². The molecule has 6 aromatic heterocycles.